The number of amides is 1. The molecule has 2 fully saturated rings. The molecule has 2 aromatic carbocycles. The summed E-state index contributed by atoms with van der Waals surface area (Å²) in [6.45, 7) is 14.0. The molecule has 6 nitrogen and oxygen atoms in total. The van der Waals surface area contributed by atoms with E-state index in [0.717, 1.165) is 36.9 Å². The van der Waals surface area contributed by atoms with Gasteiger partial charge in [-0.25, -0.2) is 13.9 Å². The van der Waals surface area contributed by atoms with Crippen molar-refractivity contribution in [2.45, 2.75) is 95.5 Å². The summed E-state index contributed by atoms with van der Waals surface area (Å²) in [5, 5.41) is 4.96. The molecule has 0 spiro atoms. The molecule has 43 heavy (non-hydrogen) atoms. The van der Waals surface area contributed by atoms with Crippen LogP contribution in [0.5, 0.6) is 0 Å². The Hall–Kier alpha value is -3.36. The summed E-state index contributed by atoms with van der Waals surface area (Å²) in [6.07, 6.45) is 4.04. The van der Waals surface area contributed by atoms with Gasteiger partial charge in [0.05, 0.1) is 17.8 Å². The van der Waals surface area contributed by atoms with Crippen molar-refractivity contribution in [1.29, 1.82) is 0 Å². The number of carbonyl (C=O) groups excluding carboxylic acids is 1. The fraction of sp³-hybridized carbons (Fsp3) is 0.457. The average molecular weight is 597 g/mol. The Morgan fingerprint density at radius 1 is 1.07 bits per heavy atom. The summed E-state index contributed by atoms with van der Waals surface area (Å²) in [7, 11) is -1.87. The fourth-order valence-corrected chi connectivity index (χ4v) is 7.65. The van der Waals surface area contributed by atoms with Gasteiger partial charge in [0.2, 0.25) is 0 Å². The molecule has 8 heteroatoms. The van der Waals surface area contributed by atoms with Crippen molar-refractivity contribution in [3.8, 4) is 11.3 Å². The smallest absolute Gasteiger partial charge is 0.273 e. The predicted octanol–water partition coefficient (Wildman–Crippen LogP) is 8.05. The molecule has 0 saturated heterocycles. The standard InChI is InChI=1S/C35H41FN4O2Si/c1-21-25-10-8-7-9-22(25)15-16-39(21)34(41)30-19-31(23-11-12-23)40-33(37-30)20-29(38-40)26-14-13-24(17-28(26)36)27-18-32(27)42-43(5,6)35(2,3)4/h7-10,13-14,17,19-21,23,27,32H,11-12,15-16,18H2,1-6H3/t21-,27-,32?/m1/s1. The Labute approximate surface area is 254 Å². The number of rotatable bonds is 6. The topological polar surface area (TPSA) is 59.7 Å². The number of benzene rings is 2. The van der Waals surface area contributed by atoms with E-state index in [1.54, 1.807) is 6.07 Å². The summed E-state index contributed by atoms with van der Waals surface area (Å²) in [6, 6.07) is 17.6. The molecule has 2 saturated carbocycles. The second kappa shape index (κ2) is 10.1. The number of fused-ring (bicyclic) bond motifs is 2. The van der Waals surface area contributed by atoms with Crippen LogP contribution in [-0.4, -0.2) is 46.4 Å². The first kappa shape index (κ1) is 28.4. The summed E-state index contributed by atoms with van der Waals surface area (Å²) in [5.74, 6) is 0.219. The molecule has 0 radical (unpaired) electrons. The molecular weight excluding hydrogens is 555 g/mol. The van der Waals surface area contributed by atoms with E-state index in [4.69, 9.17) is 14.5 Å². The van der Waals surface area contributed by atoms with Gasteiger partial charge < -0.3 is 9.33 Å². The summed E-state index contributed by atoms with van der Waals surface area (Å²) < 4.78 is 24.0. The molecule has 1 aliphatic heterocycles. The lowest BCUT2D eigenvalue weighted by molar-refractivity contribution is 0.0671. The van der Waals surface area contributed by atoms with Crippen LogP contribution in [0.2, 0.25) is 18.1 Å². The van der Waals surface area contributed by atoms with Crippen LogP contribution in [-0.2, 0) is 10.8 Å². The van der Waals surface area contributed by atoms with Crippen LogP contribution in [0.25, 0.3) is 16.9 Å². The largest absolute Gasteiger partial charge is 0.413 e. The Balaban J connectivity index is 1.16. The van der Waals surface area contributed by atoms with Crippen molar-refractivity contribution >= 4 is 19.9 Å². The number of halogens is 1. The zero-order valence-corrected chi connectivity index (χ0v) is 27.0. The third kappa shape index (κ3) is 5.12. The van der Waals surface area contributed by atoms with Gasteiger partial charge in [-0.2, -0.15) is 5.10 Å². The monoisotopic (exact) mass is 596 g/mol. The molecule has 0 bridgehead atoms. The molecule has 224 valence electrons. The maximum absolute atomic E-state index is 15.6. The lowest BCUT2D eigenvalue weighted by Crippen LogP contribution is -2.41. The number of hydrogen-bond acceptors (Lipinski definition) is 4. The van der Waals surface area contributed by atoms with Crippen molar-refractivity contribution < 1.29 is 13.6 Å². The molecular formula is C35H41FN4O2Si. The highest BCUT2D eigenvalue weighted by Gasteiger charge is 2.47. The van der Waals surface area contributed by atoms with Crippen molar-refractivity contribution in [1.82, 2.24) is 19.5 Å². The Kier molecular flexibility index (Phi) is 6.67. The summed E-state index contributed by atoms with van der Waals surface area (Å²) in [4.78, 5) is 20.5. The maximum atomic E-state index is 15.6. The Bertz CT molecular complexity index is 1740. The number of hydrogen-bond donors (Lipinski definition) is 0. The van der Waals surface area contributed by atoms with Gasteiger partial charge in [0.1, 0.15) is 11.5 Å². The highest BCUT2D eigenvalue weighted by atomic mass is 28.4. The van der Waals surface area contributed by atoms with Gasteiger partial charge >= 0.3 is 0 Å². The van der Waals surface area contributed by atoms with Gasteiger partial charge in [0, 0.05) is 35.7 Å². The van der Waals surface area contributed by atoms with Crippen molar-refractivity contribution in [3.63, 3.8) is 0 Å². The molecule has 7 rings (SSSR count). The minimum atomic E-state index is -1.87. The van der Waals surface area contributed by atoms with Crippen LogP contribution in [0.3, 0.4) is 0 Å². The van der Waals surface area contributed by atoms with Crippen LogP contribution in [0.4, 0.5) is 4.39 Å². The molecule has 1 amide bonds. The van der Waals surface area contributed by atoms with E-state index in [-0.39, 0.29) is 34.8 Å². The van der Waals surface area contributed by atoms with Crippen LogP contribution in [0.1, 0.15) is 97.7 Å². The fourth-order valence-electron chi connectivity index (χ4n) is 6.28. The lowest BCUT2D eigenvalue weighted by Gasteiger charge is -2.36. The highest BCUT2D eigenvalue weighted by molar-refractivity contribution is 6.74. The minimum absolute atomic E-state index is 0.0220. The second-order valence-corrected chi connectivity index (χ2v) is 19.0. The number of aromatic nitrogens is 3. The molecule has 3 atom stereocenters. The van der Waals surface area contributed by atoms with E-state index in [2.05, 4.69) is 59.0 Å². The molecule has 3 aliphatic rings. The van der Waals surface area contributed by atoms with Gasteiger partial charge in [-0.3, -0.25) is 4.79 Å². The van der Waals surface area contributed by atoms with Gasteiger partial charge in [0.15, 0.2) is 14.0 Å². The van der Waals surface area contributed by atoms with Crippen LogP contribution in [0, 0.1) is 5.82 Å². The predicted molar refractivity (Wildman–Crippen MR) is 169 cm³/mol. The molecule has 3 heterocycles. The van der Waals surface area contributed by atoms with Crippen molar-refractivity contribution in [2.24, 2.45) is 0 Å². The van der Waals surface area contributed by atoms with E-state index >= 15 is 4.39 Å². The van der Waals surface area contributed by atoms with E-state index in [0.29, 0.717) is 35.1 Å². The normalized spacial score (nSPS) is 22.1. The van der Waals surface area contributed by atoms with Gasteiger partial charge in [-0.1, -0.05) is 51.1 Å². The van der Waals surface area contributed by atoms with E-state index < -0.39 is 8.32 Å². The second-order valence-electron chi connectivity index (χ2n) is 14.3. The molecule has 1 unspecified atom stereocenters. The zero-order chi connectivity index (χ0) is 30.3. The first-order valence-electron chi connectivity index (χ1n) is 15.7. The molecule has 2 aliphatic carbocycles. The van der Waals surface area contributed by atoms with E-state index in [1.807, 2.05) is 39.7 Å². The van der Waals surface area contributed by atoms with Gasteiger partial charge in [0.25, 0.3) is 5.91 Å². The SMILES string of the molecule is C[C@@H]1c2ccccc2CCN1C(=O)c1cc(C2CC2)n2nc(-c3ccc([C@H]4CC4O[Si](C)(C)C(C)(C)C)cc3F)cc2n1. The first-order valence-corrected chi connectivity index (χ1v) is 18.6. The number of carbonyl (C=O) groups is 1. The zero-order valence-electron chi connectivity index (χ0n) is 26.0. The van der Waals surface area contributed by atoms with Crippen molar-refractivity contribution in [3.05, 3.63) is 88.5 Å². The third-order valence-corrected chi connectivity index (χ3v) is 14.7. The minimum Gasteiger partial charge on any atom is -0.413 e. The summed E-state index contributed by atoms with van der Waals surface area (Å²) >= 11 is 0. The summed E-state index contributed by atoms with van der Waals surface area (Å²) in [5.41, 5.74) is 6.46. The Morgan fingerprint density at radius 3 is 2.56 bits per heavy atom. The quantitative estimate of drug-likeness (QED) is 0.211. The van der Waals surface area contributed by atoms with Gasteiger partial charge in [-0.05, 0) is 85.6 Å². The third-order valence-electron chi connectivity index (χ3n) is 10.2. The van der Waals surface area contributed by atoms with Gasteiger partial charge in [-0.15, -0.1) is 0 Å². The van der Waals surface area contributed by atoms with Crippen molar-refractivity contribution in [2.75, 3.05) is 6.54 Å². The number of nitrogens with zero attached hydrogens (tertiary/aromatic N) is 4. The van der Waals surface area contributed by atoms with Crippen LogP contribution >= 0.6 is 0 Å². The maximum Gasteiger partial charge on any atom is 0.273 e. The first-order chi connectivity index (χ1) is 20.4. The van der Waals surface area contributed by atoms with Crippen LogP contribution < -0.4 is 0 Å². The Morgan fingerprint density at radius 2 is 1.84 bits per heavy atom. The van der Waals surface area contributed by atoms with E-state index in [1.165, 1.54) is 11.1 Å². The molecule has 2 aromatic heterocycles. The van der Waals surface area contributed by atoms with E-state index in [9.17, 15) is 4.79 Å². The highest BCUT2D eigenvalue weighted by Crippen LogP contribution is 2.49. The molecule has 0 N–H and O–H groups in total. The average Bonchev–Trinajstić information content (AvgIpc) is 3.89. The molecule has 4 aromatic rings. The lowest BCUT2D eigenvalue weighted by atomic mass is 9.93. The van der Waals surface area contributed by atoms with Crippen LogP contribution in [0.15, 0.2) is 54.6 Å².